The van der Waals surface area contributed by atoms with Gasteiger partial charge in [-0.1, -0.05) is 42.8 Å². The SMILES string of the molecule is CC(C)(C)CC(Br)c1cccs1. The molecule has 0 bridgehead atoms. The third-order valence-corrected chi connectivity index (χ3v) is 3.75. The first-order chi connectivity index (χ1) is 5.49. The first-order valence-corrected chi connectivity index (χ1v) is 5.96. The first-order valence-electron chi connectivity index (χ1n) is 4.16. The molecule has 0 aliphatic rings. The lowest BCUT2D eigenvalue weighted by molar-refractivity contribution is 0.378. The predicted octanol–water partition coefficient (Wildman–Crippen LogP) is 4.62. The minimum Gasteiger partial charge on any atom is -0.148 e. The van der Waals surface area contributed by atoms with Gasteiger partial charge in [0.2, 0.25) is 0 Å². The number of thiophene rings is 1. The molecule has 1 unspecified atom stereocenters. The third-order valence-electron chi connectivity index (χ3n) is 1.64. The molecule has 2 heteroatoms. The first kappa shape index (κ1) is 10.3. The minimum atomic E-state index is 0.401. The zero-order chi connectivity index (χ0) is 9.19. The molecule has 0 N–H and O–H groups in total. The molecule has 1 aromatic rings. The Morgan fingerprint density at radius 1 is 1.50 bits per heavy atom. The smallest absolute Gasteiger partial charge is 0.0494 e. The van der Waals surface area contributed by atoms with Crippen LogP contribution in [0.25, 0.3) is 0 Å². The average molecular weight is 247 g/mol. The van der Waals surface area contributed by atoms with Gasteiger partial charge >= 0.3 is 0 Å². The molecule has 0 saturated carbocycles. The van der Waals surface area contributed by atoms with Crippen LogP contribution in [0.2, 0.25) is 0 Å². The van der Waals surface area contributed by atoms with Crippen LogP contribution in [-0.4, -0.2) is 0 Å². The van der Waals surface area contributed by atoms with E-state index in [9.17, 15) is 0 Å². The summed E-state index contributed by atoms with van der Waals surface area (Å²) < 4.78 is 0. The van der Waals surface area contributed by atoms with Crippen LogP contribution in [-0.2, 0) is 0 Å². The Balaban J connectivity index is 2.56. The Morgan fingerprint density at radius 2 is 2.17 bits per heavy atom. The van der Waals surface area contributed by atoms with E-state index in [1.807, 2.05) is 11.3 Å². The van der Waals surface area contributed by atoms with Crippen LogP contribution in [0.1, 0.15) is 36.9 Å². The highest BCUT2D eigenvalue weighted by Gasteiger charge is 2.18. The van der Waals surface area contributed by atoms with Gasteiger partial charge in [-0.05, 0) is 23.3 Å². The molecular weight excluding hydrogens is 232 g/mol. The average Bonchev–Trinajstić information content (AvgIpc) is 2.32. The molecule has 1 heterocycles. The van der Waals surface area contributed by atoms with Crippen molar-refractivity contribution in [1.82, 2.24) is 0 Å². The number of halogens is 1. The summed E-state index contributed by atoms with van der Waals surface area (Å²) in [5.74, 6) is 0. The standard InChI is InChI=1S/C10H15BrS/c1-10(2,3)7-8(11)9-5-4-6-12-9/h4-6,8H,7H2,1-3H3. The van der Waals surface area contributed by atoms with Gasteiger partial charge in [-0.25, -0.2) is 0 Å². The molecule has 1 aromatic heterocycles. The highest BCUT2D eigenvalue weighted by molar-refractivity contribution is 9.09. The largest absolute Gasteiger partial charge is 0.148 e. The van der Waals surface area contributed by atoms with Crippen molar-refractivity contribution >= 4 is 27.3 Å². The fourth-order valence-electron chi connectivity index (χ4n) is 1.11. The fraction of sp³-hybridized carbons (Fsp3) is 0.600. The van der Waals surface area contributed by atoms with Gasteiger partial charge in [-0.2, -0.15) is 0 Å². The summed E-state index contributed by atoms with van der Waals surface area (Å²) in [7, 11) is 0. The second-order valence-corrected chi connectivity index (χ2v) is 6.33. The summed E-state index contributed by atoms with van der Waals surface area (Å²) in [5.41, 5.74) is 0.401. The van der Waals surface area contributed by atoms with Crippen LogP contribution in [0.5, 0.6) is 0 Å². The van der Waals surface area contributed by atoms with Gasteiger partial charge in [0, 0.05) is 9.70 Å². The Labute approximate surface area is 87.1 Å². The van der Waals surface area contributed by atoms with Crippen molar-refractivity contribution in [3.05, 3.63) is 22.4 Å². The van der Waals surface area contributed by atoms with E-state index in [-0.39, 0.29) is 0 Å². The van der Waals surface area contributed by atoms with Crippen molar-refractivity contribution in [2.75, 3.05) is 0 Å². The highest BCUT2D eigenvalue weighted by Crippen LogP contribution is 2.37. The van der Waals surface area contributed by atoms with Gasteiger partial charge in [0.05, 0.1) is 0 Å². The Hall–Kier alpha value is 0.180. The Morgan fingerprint density at radius 3 is 2.58 bits per heavy atom. The van der Waals surface area contributed by atoms with Crippen molar-refractivity contribution < 1.29 is 0 Å². The highest BCUT2D eigenvalue weighted by atomic mass is 79.9. The van der Waals surface area contributed by atoms with Crippen LogP contribution < -0.4 is 0 Å². The monoisotopic (exact) mass is 246 g/mol. The van der Waals surface area contributed by atoms with Crippen LogP contribution in [0.4, 0.5) is 0 Å². The maximum atomic E-state index is 3.71. The molecule has 0 aromatic carbocycles. The molecule has 12 heavy (non-hydrogen) atoms. The van der Waals surface area contributed by atoms with Gasteiger partial charge < -0.3 is 0 Å². The van der Waals surface area contributed by atoms with E-state index in [4.69, 9.17) is 0 Å². The molecular formula is C10H15BrS. The molecule has 0 amide bonds. The van der Waals surface area contributed by atoms with Gasteiger partial charge in [0.1, 0.15) is 0 Å². The Kier molecular flexibility index (Phi) is 3.36. The molecule has 1 atom stereocenters. The predicted molar refractivity (Wildman–Crippen MR) is 60.1 cm³/mol. The van der Waals surface area contributed by atoms with Crippen molar-refractivity contribution in [2.45, 2.75) is 32.0 Å². The summed E-state index contributed by atoms with van der Waals surface area (Å²) in [5, 5.41) is 2.13. The van der Waals surface area contributed by atoms with E-state index >= 15 is 0 Å². The summed E-state index contributed by atoms with van der Waals surface area (Å²) in [4.78, 5) is 1.96. The molecule has 0 aliphatic carbocycles. The molecule has 0 fully saturated rings. The molecule has 0 radical (unpaired) electrons. The molecule has 0 spiro atoms. The quantitative estimate of drug-likeness (QED) is 0.669. The van der Waals surface area contributed by atoms with Crippen LogP contribution in [0.15, 0.2) is 17.5 Å². The van der Waals surface area contributed by atoms with Gasteiger partial charge in [0.25, 0.3) is 0 Å². The van der Waals surface area contributed by atoms with Crippen molar-refractivity contribution in [1.29, 1.82) is 0 Å². The minimum absolute atomic E-state index is 0.401. The lowest BCUT2D eigenvalue weighted by atomic mass is 9.90. The molecule has 0 aliphatic heterocycles. The topological polar surface area (TPSA) is 0 Å². The van der Waals surface area contributed by atoms with Crippen molar-refractivity contribution in [3.8, 4) is 0 Å². The fourth-order valence-corrected chi connectivity index (χ4v) is 3.26. The lowest BCUT2D eigenvalue weighted by Crippen LogP contribution is -2.07. The normalized spacial score (nSPS) is 14.7. The summed E-state index contributed by atoms with van der Waals surface area (Å²) >= 11 is 5.54. The number of rotatable bonds is 2. The molecule has 1 rings (SSSR count). The van der Waals surface area contributed by atoms with Gasteiger partial charge in [-0.15, -0.1) is 11.3 Å². The van der Waals surface area contributed by atoms with Crippen molar-refractivity contribution in [2.24, 2.45) is 5.41 Å². The second kappa shape index (κ2) is 3.93. The zero-order valence-corrected chi connectivity index (χ0v) is 10.2. The van der Waals surface area contributed by atoms with E-state index in [1.165, 1.54) is 11.3 Å². The summed E-state index contributed by atoms with van der Waals surface area (Å²) in [6.45, 7) is 6.82. The van der Waals surface area contributed by atoms with Gasteiger partial charge in [-0.3, -0.25) is 0 Å². The van der Waals surface area contributed by atoms with Gasteiger partial charge in [0.15, 0.2) is 0 Å². The van der Waals surface area contributed by atoms with E-state index in [0.29, 0.717) is 10.2 Å². The summed E-state index contributed by atoms with van der Waals surface area (Å²) in [6, 6.07) is 4.30. The number of hydrogen-bond acceptors (Lipinski definition) is 1. The number of hydrogen-bond donors (Lipinski definition) is 0. The second-order valence-electron chi connectivity index (χ2n) is 4.25. The molecule has 0 nitrogen and oxygen atoms in total. The maximum absolute atomic E-state index is 3.71. The van der Waals surface area contributed by atoms with Crippen LogP contribution >= 0.6 is 27.3 Å². The van der Waals surface area contributed by atoms with E-state index in [0.717, 1.165) is 0 Å². The zero-order valence-electron chi connectivity index (χ0n) is 7.80. The van der Waals surface area contributed by atoms with Crippen molar-refractivity contribution in [3.63, 3.8) is 0 Å². The Bertz CT molecular complexity index is 220. The van der Waals surface area contributed by atoms with E-state index in [2.05, 4.69) is 54.2 Å². The summed E-state index contributed by atoms with van der Waals surface area (Å²) in [6.07, 6.45) is 1.19. The van der Waals surface area contributed by atoms with Crippen LogP contribution in [0, 0.1) is 5.41 Å². The molecule has 0 saturated heterocycles. The van der Waals surface area contributed by atoms with Crippen LogP contribution in [0.3, 0.4) is 0 Å². The maximum Gasteiger partial charge on any atom is 0.0494 e. The molecule has 68 valence electrons. The third kappa shape index (κ3) is 3.28. The lowest BCUT2D eigenvalue weighted by Gasteiger charge is -2.21. The number of alkyl halides is 1. The van der Waals surface area contributed by atoms with E-state index < -0.39 is 0 Å². The van der Waals surface area contributed by atoms with E-state index in [1.54, 1.807) is 0 Å².